The molecular weight excluding hydrogens is 252 g/mol. The maximum absolute atomic E-state index is 12.2. The fourth-order valence-corrected chi connectivity index (χ4v) is 3.41. The molecule has 1 aliphatic rings. The Morgan fingerprint density at radius 2 is 2.00 bits per heavy atom. The number of nitrogens with zero attached hydrogens (tertiary/aromatic N) is 1. The van der Waals surface area contributed by atoms with Crippen LogP contribution in [0.5, 0.6) is 0 Å². The van der Waals surface area contributed by atoms with Gasteiger partial charge in [0.15, 0.2) is 9.84 Å². The number of hydrogen-bond donors (Lipinski definition) is 1. The summed E-state index contributed by atoms with van der Waals surface area (Å²) in [7, 11) is -3.11. The van der Waals surface area contributed by atoms with Crippen molar-refractivity contribution in [1.29, 1.82) is 0 Å². The van der Waals surface area contributed by atoms with Crippen LogP contribution in [0.3, 0.4) is 0 Å². The molecule has 1 heterocycles. The van der Waals surface area contributed by atoms with Crippen LogP contribution in [0, 0.1) is 5.92 Å². The van der Waals surface area contributed by atoms with Crippen molar-refractivity contribution in [2.45, 2.75) is 44.9 Å². The average Bonchev–Trinajstić information content (AvgIpc) is 2.29. The molecule has 0 aromatic carbocycles. The second-order valence-corrected chi connectivity index (χ2v) is 8.49. The largest absolute Gasteiger partial charge is 0.339 e. The van der Waals surface area contributed by atoms with Crippen LogP contribution in [0.2, 0.25) is 0 Å². The first-order valence-electron chi connectivity index (χ1n) is 6.39. The molecule has 1 amide bonds. The van der Waals surface area contributed by atoms with Gasteiger partial charge in [-0.05, 0) is 19.8 Å². The second kappa shape index (κ2) is 5.17. The van der Waals surface area contributed by atoms with E-state index in [4.69, 9.17) is 5.73 Å². The van der Waals surface area contributed by atoms with Gasteiger partial charge in [-0.1, -0.05) is 20.3 Å². The van der Waals surface area contributed by atoms with Gasteiger partial charge >= 0.3 is 0 Å². The molecule has 2 unspecified atom stereocenters. The summed E-state index contributed by atoms with van der Waals surface area (Å²) in [4.78, 5) is 13.8. The van der Waals surface area contributed by atoms with E-state index in [0.29, 0.717) is 0 Å². The van der Waals surface area contributed by atoms with Crippen molar-refractivity contribution in [2.75, 3.05) is 18.8 Å². The number of sulfone groups is 1. The molecule has 0 aliphatic carbocycles. The number of hydrogen-bond acceptors (Lipinski definition) is 4. The van der Waals surface area contributed by atoms with Gasteiger partial charge in [-0.25, -0.2) is 8.42 Å². The van der Waals surface area contributed by atoms with Crippen LogP contribution in [0.15, 0.2) is 0 Å². The SMILES string of the molecule is CCC(C)C(N)C(=O)N1CCS(=O)(=O)C(C)(C)C1. The van der Waals surface area contributed by atoms with Gasteiger partial charge in [-0.15, -0.1) is 0 Å². The summed E-state index contributed by atoms with van der Waals surface area (Å²) in [6, 6.07) is -0.536. The van der Waals surface area contributed by atoms with E-state index >= 15 is 0 Å². The van der Waals surface area contributed by atoms with Gasteiger partial charge in [0, 0.05) is 13.1 Å². The molecule has 0 radical (unpaired) electrons. The lowest BCUT2D eigenvalue weighted by Crippen LogP contribution is -2.58. The molecule has 2 N–H and O–H groups in total. The Labute approximate surface area is 110 Å². The Kier molecular flexibility index (Phi) is 4.43. The maximum Gasteiger partial charge on any atom is 0.239 e. The van der Waals surface area contributed by atoms with Gasteiger partial charge in [0.05, 0.1) is 16.5 Å². The summed E-state index contributed by atoms with van der Waals surface area (Å²) in [6.45, 7) is 7.75. The Morgan fingerprint density at radius 1 is 1.44 bits per heavy atom. The summed E-state index contributed by atoms with van der Waals surface area (Å²) in [5.41, 5.74) is 5.92. The van der Waals surface area contributed by atoms with E-state index in [1.807, 2.05) is 13.8 Å². The van der Waals surface area contributed by atoms with Crippen molar-refractivity contribution in [1.82, 2.24) is 4.90 Å². The quantitative estimate of drug-likeness (QED) is 0.809. The molecule has 0 saturated carbocycles. The Bertz CT molecular complexity index is 417. The lowest BCUT2D eigenvalue weighted by molar-refractivity contribution is -0.134. The van der Waals surface area contributed by atoms with Crippen LogP contribution in [0.1, 0.15) is 34.1 Å². The average molecular weight is 276 g/mol. The summed E-state index contributed by atoms with van der Waals surface area (Å²) < 4.78 is 22.8. The lowest BCUT2D eigenvalue weighted by atomic mass is 9.98. The molecule has 1 rings (SSSR count). The van der Waals surface area contributed by atoms with Crippen molar-refractivity contribution in [3.8, 4) is 0 Å². The first kappa shape index (κ1) is 15.4. The fraction of sp³-hybridized carbons (Fsp3) is 0.917. The van der Waals surface area contributed by atoms with Crippen LogP contribution in [-0.4, -0.2) is 48.9 Å². The summed E-state index contributed by atoms with van der Waals surface area (Å²) in [5.74, 6) is 0.00497. The van der Waals surface area contributed by atoms with Crippen LogP contribution in [0.25, 0.3) is 0 Å². The molecule has 6 heteroatoms. The van der Waals surface area contributed by atoms with Gasteiger partial charge in [-0.2, -0.15) is 0 Å². The van der Waals surface area contributed by atoms with Crippen LogP contribution < -0.4 is 5.73 Å². The highest BCUT2D eigenvalue weighted by molar-refractivity contribution is 7.92. The summed E-state index contributed by atoms with van der Waals surface area (Å²) in [5, 5.41) is 0. The van der Waals surface area contributed by atoms with Crippen molar-refractivity contribution in [3.63, 3.8) is 0 Å². The molecule has 5 nitrogen and oxygen atoms in total. The highest BCUT2D eigenvalue weighted by Crippen LogP contribution is 2.24. The first-order valence-corrected chi connectivity index (χ1v) is 8.04. The Balaban J connectivity index is 2.80. The molecule has 106 valence electrons. The molecule has 0 aromatic heterocycles. The Hall–Kier alpha value is -0.620. The second-order valence-electron chi connectivity index (χ2n) is 5.75. The monoisotopic (exact) mass is 276 g/mol. The lowest BCUT2D eigenvalue weighted by Gasteiger charge is -2.39. The van der Waals surface area contributed by atoms with Gasteiger partial charge in [-0.3, -0.25) is 4.79 Å². The van der Waals surface area contributed by atoms with Crippen molar-refractivity contribution < 1.29 is 13.2 Å². The normalized spacial score (nSPS) is 25.5. The zero-order valence-corrected chi connectivity index (χ0v) is 12.5. The minimum absolute atomic E-state index is 0.0268. The molecular formula is C12H24N2O3S. The summed E-state index contributed by atoms with van der Waals surface area (Å²) in [6.07, 6.45) is 0.836. The minimum Gasteiger partial charge on any atom is -0.339 e. The third-order valence-corrected chi connectivity index (χ3v) is 6.43. The highest BCUT2D eigenvalue weighted by atomic mass is 32.2. The topological polar surface area (TPSA) is 80.5 Å². The van der Waals surface area contributed by atoms with Crippen LogP contribution >= 0.6 is 0 Å². The van der Waals surface area contributed by atoms with Crippen molar-refractivity contribution >= 4 is 15.7 Å². The number of amides is 1. The maximum atomic E-state index is 12.2. The molecule has 0 bridgehead atoms. The third kappa shape index (κ3) is 2.85. The number of carbonyl (C=O) groups is 1. The minimum atomic E-state index is -3.11. The fourth-order valence-electron chi connectivity index (χ4n) is 2.04. The van der Waals surface area contributed by atoms with Gasteiger partial charge < -0.3 is 10.6 Å². The third-order valence-electron chi connectivity index (χ3n) is 3.90. The Morgan fingerprint density at radius 3 is 2.44 bits per heavy atom. The molecule has 1 saturated heterocycles. The summed E-state index contributed by atoms with van der Waals surface area (Å²) >= 11 is 0. The molecule has 1 fully saturated rings. The van der Waals surface area contributed by atoms with Gasteiger partial charge in [0.2, 0.25) is 5.91 Å². The van der Waals surface area contributed by atoms with Gasteiger partial charge in [0.25, 0.3) is 0 Å². The van der Waals surface area contributed by atoms with Crippen molar-refractivity contribution in [2.24, 2.45) is 11.7 Å². The standard InChI is InChI=1S/C12H24N2O3S/c1-5-9(2)10(13)11(15)14-6-7-18(16,17)12(3,4)8-14/h9-10H,5-8,13H2,1-4H3. The van der Waals surface area contributed by atoms with E-state index in [1.54, 1.807) is 18.7 Å². The molecule has 0 aromatic rings. The van der Waals surface area contributed by atoms with Crippen LogP contribution in [0.4, 0.5) is 0 Å². The highest BCUT2D eigenvalue weighted by Gasteiger charge is 2.42. The van der Waals surface area contributed by atoms with E-state index in [0.717, 1.165) is 6.42 Å². The number of rotatable bonds is 3. The van der Waals surface area contributed by atoms with E-state index in [2.05, 4.69) is 0 Å². The molecule has 18 heavy (non-hydrogen) atoms. The van der Waals surface area contributed by atoms with Crippen LogP contribution in [-0.2, 0) is 14.6 Å². The van der Waals surface area contributed by atoms with Gasteiger partial charge in [0.1, 0.15) is 0 Å². The molecule has 1 aliphatic heterocycles. The zero-order valence-electron chi connectivity index (χ0n) is 11.6. The first-order chi connectivity index (χ1) is 8.12. The number of nitrogens with two attached hydrogens (primary N) is 1. The van der Waals surface area contributed by atoms with E-state index < -0.39 is 20.6 Å². The molecule has 2 atom stereocenters. The van der Waals surface area contributed by atoms with E-state index in [-0.39, 0.29) is 30.7 Å². The smallest absolute Gasteiger partial charge is 0.239 e. The predicted molar refractivity (Wildman–Crippen MR) is 71.9 cm³/mol. The zero-order chi connectivity index (χ0) is 14.1. The van der Waals surface area contributed by atoms with E-state index in [9.17, 15) is 13.2 Å². The number of carbonyl (C=O) groups excluding carboxylic acids is 1. The van der Waals surface area contributed by atoms with E-state index in [1.165, 1.54) is 0 Å². The molecule has 0 spiro atoms. The predicted octanol–water partition coefficient (Wildman–Crippen LogP) is 0.395. The van der Waals surface area contributed by atoms with Crippen molar-refractivity contribution in [3.05, 3.63) is 0 Å².